The van der Waals surface area contributed by atoms with E-state index in [1.54, 1.807) is 14.2 Å². The summed E-state index contributed by atoms with van der Waals surface area (Å²) in [7, 11) is 3.39. The Hall–Kier alpha value is -2.14. The number of nitrogens with one attached hydrogen (secondary N) is 1. The Morgan fingerprint density at radius 3 is 2.38 bits per heavy atom. The molecule has 0 aromatic heterocycles. The van der Waals surface area contributed by atoms with Gasteiger partial charge in [-0.1, -0.05) is 12.1 Å². The lowest BCUT2D eigenvalue weighted by atomic mass is 10.1. The predicted octanol–water partition coefficient (Wildman–Crippen LogP) is 3.31. The smallest absolute Gasteiger partial charge is 0.167 e. The van der Waals surface area contributed by atoms with Crippen molar-refractivity contribution in [2.45, 2.75) is 6.04 Å². The summed E-state index contributed by atoms with van der Waals surface area (Å²) in [5, 5.41) is 3.09. The van der Waals surface area contributed by atoms with Gasteiger partial charge in [-0.25, -0.2) is 8.78 Å². The van der Waals surface area contributed by atoms with E-state index in [0.29, 0.717) is 0 Å². The van der Waals surface area contributed by atoms with Crippen molar-refractivity contribution in [2.24, 2.45) is 0 Å². The molecule has 112 valence electrons. The van der Waals surface area contributed by atoms with Gasteiger partial charge in [-0.3, -0.25) is 0 Å². The zero-order valence-corrected chi connectivity index (χ0v) is 11.9. The van der Waals surface area contributed by atoms with E-state index in [1.807, 2.05) is 24.3 Å². The van der Waals surface area contributed by atoms with Gasteiger partial charge in [0.05, 0.1) is 13.2 Å². The van der Waals surface area contributed by atoms with E-state index < -0.39 is 11.6 Å². The van der Waals surface area contributed by atoms with Crippen LogP contribution in [-0.2, 0) is 0 Å². The van der Waals surface area contributed by atoms with Crippen molar-refractivity contribution in [1.82, 2.24) is 5.32 Å². The zero-order valence-electron chi connectivity index (χ0n) is 11.9. The third-order valence-corrected chi connectivity index (χ3v) is 3.17. The first-order valence-corrected chi connectivity index (χ1v) is 6.53. The fraction of sp³-hybridized carbons (Fsp3) is 0.250. The molecule has 5 heteroatoms. The van der Waals surface area contributed by atoms with Crippen molar-refractivity contribution in [3.63, 3.8) is 0 Å². The molecule has 2 rings (SSSR count). The molecular weight excluding hydrogens is 276 g/mol. The highest BCUT2D eigenvalue weighted by atomic mass is 19.1. The highest BCUT2D eigenvalue weighted by Gasteiger charge is 2.12. The van der Waals surface area contributed by atoms with Crippen LogP contribution in [0.3, 0.4) is 0 Å². The predicted molar refractivity (Wildman–Crippen MR) is 76.6 cm³/mol. The van der Waals surface area contributed by atoms with E-state index in [-0.39, 0.29) is 18.4 Å². The standard InChI is InChI=1S/C16H17F2NO2/c1-19-15(11-3-6-13(20-2)7-4-11)10-21-16-8-5-12(17)9-14(16)18/h3-9,15,19H,10H2,1-2H3. The van der Waals surface area contributed by atoms with E-state index in [0.717, 1.165) is 17.4 Å². The molecule has 0 aliphatic rings. The van der Waals surface area contributed by atoms with Gasteiger partial charge in [0.15, 0.2) is 11.6 Å². The van der Waals surface area contributed by atoms with E-state index in [2.05, 4.69) is 5.32 Å². The molecule has 0 aliphatic carbocycles. The van der Waals surface area contributed by atoms with Crippen molar-refractivity contribution >= 4 is 0 Å². The number of halogens is 2. The third-order valence-electron chi connectivity index (χ3n) is 3.17. The summed E-state index contributed by atoms with van der Waals surface area (Å²) >= 11 is 0. The maximum absolute atomic E-state index is 13.5. The third kappa shape index (κ3) is 3.92. The van der Waals surface area contributed by atoms with Gasteiger partial charge in [0.1, 0.15) is 18.2 Å². The molecule has 0 saturated carbocycles. The Morgan fingerprint density at radius 2 is 1.81 bits per heavy atom. The fourth-order valence-corrected chi connectivity index (χ4v) is 1.95. The van der Waals surface area contributed by atoms with Crippen LogP contribution in [0, 0.1) is 11.6 Å². The van der Waals surface area contributed by atoms with Gasteiger partial charge in [-0.2, -0.15) is 0 Å². The Balaban J connectivity index is 2.04. The van der Waals surface area contributed by atoms with Crippen LogP contribution in [0.4, 0.5) is 8.78 Å². The van der Waals surface area contributed by atoms with E-state index in [1.165, 1.54) is 12.1 Å². The molecule has 2 aromatic carbocycles. The molecule has 2 aromatic rings. The normalized spacial score (nSPS) is 12.0. The van der Waals surface area contributed by atoms with Crippen LogP contribution in [-0.4, -0.2) is 20.8 Å². The molecule has 3 nitrogen and oxygen atoms in total. The van der Waals surface area contributed by atoms with Crippen LogP contribution in [0.1, 0.15) is 11.6 Å². The van der Waals surface area contributed by atoms with Crippen LogP contribution in [0.2, 0.25) is 0 Å². The van der Waals surface area contributed by atoms with Crippen molar-refractivity contribution in [1.29, 1.82) is 0 Å². The van der Waals surface area contributed by atoms with Gasteiger partial charge in [0, 0.05) is 6.07 Å². The highest BCUT2D eigenvalue weighted by Crippen LogP contribution is 2.21. The lowest BCUT2D eigenvalue weighted by Gasteiger charge is -2.18. The topological polar surface area (TPSA) is 30.5 Å². The van der Waals surface area contributed by atoms with Crippen molar-refractivity contribution in [3.8, 4) is 11.5 Å². The summed E-state index contributed by atoms with van der Waals surface area (Å²) in [5.74, 6) is -0.538. The van der Waals surface area contributed by atoms with Crippen molar-refractivity contribution < 1.29 is 18.3 Å². The summed E-state index contributed by atoms with van der Waals surface area (Å²) < 4.78 is 36.9. The summed E-state index contributed by atoms with van der Waals surface area (Å²) in [5.41, 5.74) is 0.987. The van der Waals surface area contributed by atoms with Crippen LogP contribution in [0.5, 0.6) is 11.5 Å². The van der Waals surface area contributed by atoms with Gasteiger partial charge in [0.2, 0.25) is 0 Å². The lowest BCUT2D eigenvalue weighted by molar-refractivity contribution is 0.261. The molecule has 21 heavy (non-hydrogen) atoms. The van der Waals surface area contributed by atoms with Crippen molar-refractivity contribution in [3.05, 3.63) is 59.7 Å². The lowest BCUT2D eigenvalue weighted by Crippen LogP contribution is -2.23. The molecule has 0 radical (unpaired) electrons. The summed E-state index contributed by atoms with van der Waals surface area (Å²) in [6, 6.07) is 10.6. The SMILES string of the molecule is CNC(COc1ccc(F)cc1F)c1ccc(OC)cc1. The van der Waals surface area contributed by atoms with Gasteiger partial charge < -0.3 is 14.8 Å². The van der Waals surface area contributed by atoms with Crippen LogP contribution < -0.4 is 14.8 Å². The second-order valence-corrected chi connectivity index (χ2v) is 4.50. The number of hydrogen-bond donors (Lipinski definition) is 1. The van der Waals surface area contributed by atoms with Gasteiger partial charge in [0.25, 0.3) is 0 Å². The van der Waals surface area contributed by atoms with Crippen LogP contribution in [0.25, 0.3) is 0 Å². The molecule has 0 saturated heterocycles. The van der Waals surface area contributed by atoms with Crippen LogP contribution >= 0.6 is 0 Å². The number of likely N-dealkylation sites (N-methyl/N-ethyl adjacent to an activating group) is 1. The zero-order chi connectivity index (χ0) is 15.2. The number of methoxy groups -OCH3 is 1. The van der Waals surface area contributed by atoms with Gasteiger partial charge in [-0.05, 0) is 36.9 Å². The monoisotopic (exact) mass is 293 g/mol. The Labute approximate surface area is 122 Å². The largest absolute Gasteiger partial charge is 0.497 e. The first-order valence-electron chi connectivity index (χ1n) is 6.53. The molecule has 0 heterocycles. The quantitative estimate of drug-likeness (QED) is 0.886. The minimum Gasteiger partial charge on any atom is -0.497 e. The van der Waals surface area contributed by atoms with Crippen LogP contribution in [0.15, 0.2) is 42.5 Å². The number of ether oxygens (including phenoxy) is 2. The fourth-order valence-electron chi connectivity index (χ4n) is 1.95. The first kappa shape index (κ1) is 15.3. The minimum absolute atomic E-state index is 0.0326. The van der Waals surface area contributed by atoms with Gasteiger partial charge in [-0.15, -0.1) is 0 Å². The molecule has 0 aliphatic heterocycles. The summed E-state index contributed by atoms with van der Waals surface area (Å²) in [6.07, 6.45) is 0. The Kier molecular flexibility index (Phi) is 5.11. The second-order valence-electron chi connectivity index (χ2n) is 4.50. The summed E-state index contributed by atoms with van der Waals surface area (Å²) in [4.78, 5) is 0. The average molecular weight is 293 g/mol. The molecule has 1 N–H and O–H groups in total. The molecule has 1 unspecified atom stereocenters. The minimum atomic E-state index is -0.709. The maximum atomic E-state index is 13.5. The molecule has 0 amide bonds. The number of hydrogen-bond acceptors (Lipinski definition) is 3. The van der Waals surface area contributed by atoms with E-state index in [4.69, 9.17) is 9.47 Å². The summed E-state index contributed by atoms with van der Waals surface area (Å²) in [6.45, 7) is 0.228. The Bertz CT molecular complexity index is 587. The molecule has 0 fully saturated rings. The molecular formula is C16H17F2NO2. The second kappa shape index (κ2) is 7.04. The Morgan fingerprint density at radius 1 is 1.10 bits per heavy atom. The average Bonchev–Trinajstić information content (AvgIpc) is 2.50. The maximum Gasteiger partial charge on any atom is 0.167 e. The number of benzene rings is 2. The van der Waals surface area contributed by atoms with Crippen molar-refractivity contribution in [2.75, 3.05) is 20.8 Å². The molecule has 0 spiro atoms. The van der Waals surface area contributed by atoms with Gasteiger partial charge >= 0.3 is 0 Å². The highest BCUT2D eigenvalue weighted by molar-refractivity contribution is 5.30. The number of rotatable bonds is 6. The molecule has 1 atom stereocenters. The first-order chi connectivity index (χ1) is 10.1. The van der Waals surface area contributed by atoms with E-state index in [9.17, 15) is 8.78 Å². The van der Waals surface area contributed by atoms with E-state index >= 15 is 0 Å². The molecule has 0 bridgehead atoms.